The van der Waals surface area contributed by atoms with Crippen molar-refractivity contribution in [3.05, 3.63) is 48.7 Å². The average Bonchev–Trinajstić information content (AvgIpc) is 3.22. The summed E-state index contributed by atoms with van der Waals surface area (Å²) >= 11 is 0. The molecular formula is C28H52NPTi. The Kier molecular flexibility index (Phi) is 15.9. The van der Waals surface area contributed by atoms with Gasteiger partial charge in [-0.25, -0.2) is 0 Å². The molecule has 0 unspecified atom stereocenters. The van der Waals surface area contributed by atoms with Gasteiger partial charge in [0.15, 0.2) is 0 Å². The van der Waals surface area contributed by atoms with Crippen LogP contribution in [0.3, 0.4) is 0 Å². The van der Waals surface area contributed by atoms with Crippen LogP contribution in [0.5, 0.6) is 0 Å². The minimum absolute atomic E-state index is 0. The zero-order chi connectivity index (χ0) is 23.5. The van der Waals surface area contributed by atoms with Gasteiger partial charge < -0.3 is 0 Å². The van der Waals surface area contributed by atoms with Crippen molar-refractivity contribution >= 4 is 7.05 Å². The Morgan fingerprint density at radius 3 is 1.74 bits per heavy atom. The third-order valence-electron chi connectivity index (χ3n) is 7.25. The zero-order valence-corrected chi connectivity index (χ0v) is 25.0. The molecule has 178 valence electrons. The monoisotopic (exact) mass is 481 g/mol. The minimum Gasteiger partial charge on any atom is -0.270 e. The van der Waals surface area contributed by atoms with E-state index in [9.17, 15) is 0 Å². The molecule has 31 heavy (non-hydrogen) atoms. The van der Waals surface area contributed by atoms with Crippen LogP contribution in [-0.2, 0) is 21.7 Å². The summed E-state index contributed by atoms with van der Waals surface area (Å²) in [5.41, 5.74) is 1.30. The Bertz CT molecular complexity index is 615. The molecule has 0 spiro atoms. The summed E-state index contributed by atoms with van der Waals surface area (Å²) in [5, 5.41) is 0.778. The summed E-state index contributed by atoms with van der Waals surface area (Å²) in [6, 6.07) is 0. The fourth-order valence-corrected chi connectivity index (χ4v) is 12.4. The quantitative estimate of drug-likeness (QED) is 0.120. The third-order valence-corrected chi connectivity index (χ3v) is 14.0. The SMILES string of the molecule is C=CC=CCCCC.CCC(C)(C)P(=NC1=CC=CC1)(C(C)(C)CC)C(C)(C)CC.[Ti]. The maximum atomic E-state index is 5.64. The van der Waals surface area contributed by atoms with Gasteiger partial charge in [0.1, 0.15) is 0 Å². The first-order valence-electron chi connectivity index (χ1n) is 12.2. The van der Waals surface area contributed by atoms with Crippen molar-refractivity contribution in [2.45, 2.75) is 130 Å². The van der Waals surface area contributed by atoms with Crippen LogP contribution in [0.2, 0.25) is 0 Å². The van der Waals surface area contributed by atoms with E-state index in [4.69, 9.17) is 4.74 Å². The maximum Gasteiger partial charge on any atom is 0.0425 e. The zero-order valence-electron chi connectivity index (χ0n) is 22.5. The minimum atomic E-state index is -1.64. The molecule has 0 fully saturated rings. The van der Waals surface area contributed by atoms with Gasteiger partial charge in [-0.05, 0) is 38.8 Å². The van der Waals surface area contributed by atoms with Crippen molar-refractivity contribution in [2.24, 2.45) is 4.74 Å². The van der Waals surface area contributed by atoms with Crippen molar-refractivity contribution in [3.63, 3.8) is 0 Å². The second-order valence-electron chi connectivity index (χ2n) is 10.3. The van der Waals surface area contributed by atoms with Gasteiger partial charge in [0, 0.05) is 49.3 Å². The summed E-state index contributed by atoms with van der Waals surface area (Å²) < 4.78 is 5.64. The van der Waals surface area contributed by atoms with Crippen LogP contribution in [0.25, 0.3) is 0 Å². The predicted molar refractivity (Wildman–Crippen MR) is 143 cm³/mol. The first-order chi connectivity index (χ1) is 13.9. The van der Waals surface area contributed by atoms with Crippen LogP contribution >= 0.6 is 7.05 Å². The second kappa shape index (κ2) is 14.9. The molecule has 0 atom stereocenters. The molecule has 0 aromatic heterocycles. The van der Waals surface area contributed by atoms with E-state index in [-0.39, 0.29) is 37.2 Å². The van der Waals surface area contributed by atoms with Crippen molar-refractivity contribution < 1.29 is 21.7 Å². The summed E-state index contributed by atoms with van der Waals surface area (Å²) in [5.74, 6) is 0. The van der Waals surface area contributed by atoms with E-state index in [0.717, 1.165) is 6.42 Å². The molecule has 0 aromatic rings. The molecule has 1 aliphatic carbocycles. The second-order valence-corrected chi connectivity index (χ2v) is 15.4. The van der Waals surface area contributed by atoms with Gasteiger partial charge in [-0.1, -0.05) is 119 Å². The van der Waals surface area contributed by atoms with Crippen molar-refractivity contribution in [2.75, 3.05) is 0 Å². The topological polar surface area (TPSA) is 12.4 Å². The summed E-state index contributed by atoms with van der Waals surface area (Å²) in [4.78, 5) is 0. The number of unbranched alkanes of at least 4 members (excludes halogenated alkanes) is 2. The molecular weight excluding hydrogens is 429 g/mol. The fourth-order valence-electron chi connectivity index (χ4n) is 4.77. The molecule has 0 heterocycles. The largest absolute Gasteiger partial charge is 0.270 e. The molecule has 1 aliphatic rings. The molecule has 0 saturated heterocycles. The van der Waals surface area contributed by atoms with Crippen molar-refractivity contribution in [1.29, 1.82) is 0 Å². The van der Waals surface area contributed by atoms with Gasteiger partial charge in [-0.3, -0.25) is 4.74 Å². The maximum absolute atomic E-state index is 5.64. The molecule has 0 radical (unpaired) electrons. The van der Waals surface area contributed by atoms with Crippen LogP contribution < -0.4 is 0 Å². The van der Waals surface area contributed by atoms with E-state index in [1.54, 1.807) is 0 Å². The smallest absolute Gasteiger partial charge is 0.0425 e. The van der Waals surface area contributed by atoms with E-state index < -0.39 is 7.05 Å². The van der Waals surface area contributed by atoms with E-state index >= 15 is 0 Å². The molecule has 0 bridgehead atoms. The standard InChI is InChI=1S/C20H38NP.C8H14.Ti/c1-10-18(4,5)22(19(6,7)11-2,20(8,9)12-3)21-17-15-13-14-16-17;1-3-5-7-8-6-4-2;/h13-15H,10-12,16H2,1-9H3;3,5,7H,1,4,6,8H2,2H3;. The Morgan fingerprint density at radius 2 is 1.42 bits per heavy atom. The number of allylic oxidation sites excluding steroid dienone is 6. The molecule has 0 amide bonds. The van der Waals surface area contributed by atoms with Gasteiger partial charge in [0.05, 0.1) is 0 Å². The van der Waals surface area contributed by atoms with Crippen molar-refractivity contribution in [3.8, 4) is 0 Å². The third kappa shape index (κ3) is 8.32. The van der Waals surface area contributed by atoms with Crippen LogP contribution in [-0.4, -0.2) is 15.5 Å². The van der Waals surface area contributed by atoms with Crippen LogP contribution in [0.1, 0.15) is 114 Å². The summed E-state index contributed by atoms with van der Waals surface area (Å²) in [6.07, 6.45) is 21.0. The average molecular weight is 482 g/mol. The van der Waals surface area contributed by atoms with Gasteiger partial charge in [-0.2, -0.15) is 0 Å². The van der Waals surface area contributed by atoms with Gasteiger partial charge in [0.2, 0.25) is 0 Å². The van der Waals surface area contributed by atoms with E-state index in [1.807, 2.05) is 12.2 Å². The predicted octanol–water partition coefficient (Wildman–Crippen LogP) is 10.5. The van der Waals surface area contributed by atoms with E-state index in [0.29, 0.717) is 0 Å². The Labute approximate surface area is 211 Å². The van der Waals surface area contributed by atoms with E-state index in [1.165, 1.54) is 44.2 Å². The van der Waals surface area contributed by atoms with Gasteiger partial charge in [-0.15, -0.1) is 0 Å². The normalized spacial score (nSPS) is 14.6. The molecule has 1 nitrogen and oxygen atoms in total. The van der Waals surface area contributed by atoms with Crippen LogP contribution in [0, 0.1) is 0 Å². The van der Waals surface area contributed by atoms with Gasteiger partial charge in [0.25, 0.3) is 0 Å². The first kappa shape index (κ1) is 33.1. The number of nitrogens with zero attached hydrogens (tertiary/aromatic N) is 1. The first-order valence-corrected chi connectivity index (χ1v) is 13.9. The summed E-state index contributed by atoms with van der Waals surface area (Å²) in [7, 11) is -1.64. The van der Waals surface area contributed by atoms with Crippen molar-refractivity contribution in [1.82, 2.24) is 0 Å². The molecule has 1 rings (SSSR count). The Morgan fingerprint density at radius 1 is 0.935 bits per heavy atom. The number of hydrogen-bond acceptors (Lipinski definition) is 1. The fraction of sp³-hybridized carbons (Fsp3) is 0.714. The molecule has 0 saturated carbocycles. The van der Waals surface area contributed by atoms with Gasteiger partial charge >= 0.3 is 0 Å². The molecule has 0 aromatic carbocycles. The molecule has 0 N–H and O–H groups in total. The Hall–Kier alpha value is -0.0957. The van der Waals surface area contributed by atoms with Crippen LogP contribution in [0.15, 0.2) is 53.5 Å². The van der Waals surface area contributed by atoms with Crippen LogP contribution in [0.4, 0.5) is 0 Å². The Balaban J connectivity index is 0. The van der Waals surface area contributed by atoms with E-state index in [2.05, 4.69) is 100 Å². The summed E-state index contributed by atoms with van der Waals surface area (Å²) in [6.45, 7) is 27.7. The molecule has 0 aliphatic heterocycles. The number of rotatable bonds is 11. The number of hydrogen-bond donors (Lipinski definition) is 0. The molecule has 3 heteroatoms.